The zero-order valence-electron chi connectivity index (χ0n) is 32.8. The van der Waals surface area contributed by atoms with Crippen LogP contribution in [0.15, 0.2) is 24.4 Å². The van der Waals surface area contributed by atoms with Gasteiger partial charge in [-0.25, -0.2) is 0 Å². The van der Waals surface area contributed by atoms with Crippen LogP contribution in [0, 0.1) is 52.3 Å². The molecule has 0 bridgehead atoms. The summed E-state index contributed by atoms with van der Waals surface area (Å²) in [5.41, 5.74) is 4.74. The van der Waals surface area contributed by atoms with Crippen molar-refractivity contribution in [1.82, 2.24) is 5.32 Å². The lowest BCUT2D eigenvalue weighted by molar-refractivity contribution is -0.0428. The lowest BCUT2D eigenvalue weighted by Crippen LogP contribution is -2.48. The molecule has 47 heavy (non-hydrogen) atoms. The minimum atomic E-state index is -0.992. The average molecular weight is 688 g/mol. The van der Waals surface area contributed by atoms with Crippen LogP contribution >= 0.6 is 19.5 Å². The van der Waals surface area contributed by atoms with Crippen LogP contribution in [-0.2, 0) is 0 Å². The highest BCUT2D eigenvalue weighted by molar-refractivity contribution is 7.93. The zero-order valence-corrected chi connectivity index (χ0v) is 34.6. The third-order valence-electron chi connectivity index (χ3n) is 14.1. The molecule has 3 aliphatic rings. The van der Waals surface area contributed by atoms with Crippen LogP contribution in [0.5, 0.6) is 0 Å². The summed E-state index contributed by atoms with van der Waals surface area (Å²) in [5, 5.41) is 3.70. The molecule has 3 saturated carbocycles. The van der Waals surface area contributed by atoms with Gasteiger partial charge < -0.3 is 5.32 Å². The van der Waals surface area contributed by atoms with E-state index in [1.807, 2.05) is 0 Å². The molecular formula is C44H82NPS. The van der Waals surface area contributed by atoms with E-state index in [0.29, 0.717) is 10.8 Å². The Labute approximate surface area is 301 Å². The third kappa shape index (κ3) is 12.0. The Morgan fingerprint density at radius 2 is 1.64 bits per heavy atom. The van der Waals surface area contributed by atoms with Crippen LogP contribution in [0.1, 0.15) is 170 Å². The fourth-order valence-corrected chi connectivity index (χ4v) is 12.4. The Kier molecular flexibility index (Phi) is 17.2. The summed E-state index contributed by atoms with van der Waals surface area (Å²) in [4.78, 5) is 0. The van der Waals surface area contributed by atoms with Gasteiger partial charge in [0.05, 0.1) is 0 Å². The Morgan fingerprint density at radius 1 is 0.915 bits per heavy atom. The Hall–Kier alpha value is -0.0700. The molecule has 3 heteroatoms. The predicted molar refractivity (Wildman–Crippen MR) is 221 cm³/mol. The summed E-state index contributed by atoms with van der Waals surface area (Å²) in [6, 6.07) is 0. The van der Waals surface area contributed by atoms with Gasteiger partial charge in [0.1, 0.15) is 0 Å². The SMILES string of the molecule is C=C(CC1CCC(C)(C2CCC3(C)C(CCCC(C)CCCC(C)C)CCC3C2CCC)C(=C)C1)NCCCCCCP(=C)(C)CS. The van der Waals surface area contributed by atoms with Crippen LogP contribution in [-0.4, -0.2) is 31.2 Å². The van der Waals surface area contributed by atoms with Crippen LogP contribution in [0.4, 0.5) is 0 Å². The zero-order chi connectivity index (χ0) is 34.7. The lowest BCUT2D eigenvalue weighted by Gasteiger charge is -2.56. The predicted octanol–water partition coefficient (Wildman–Crippen LogP) is 13.9. The van der Waals surface area contributed by atoms with Crippen molar-refractivity contribution in [1.29, 1.82) is 0 Å². The highest BCUT2D eigenvalue weighted by Crippen LogP contribution is 2.65. The second kappa shape index (κ2) is 19.5. The van der Waals surface area contributed by atoms with Crippen molar-refractivity contribution in [3.63, 3.8) is 0 Å². The topological polar surface area (TPSA) is 12.0 Å². The summed E-state index contributed by atoms with van der Waals surface area (Å²) in [7, 11) is 0. The number of nitrogens with one attached hydrogen (secondary N) is 1. The molecule has 9 atom stereocenters. The van der Waals surface area contributed by atoms with Gasteiger partial charge in [0.25, 0.3) is 0 Å². The Bertz CT molecular complexity index is 1000. The molecular weight excluding hydrogens is 606 g/mol. The maximum Gasteiger partial charge on any atom is 0.0143 e. The molecule has 0 aromatic heterocycles. The summed E-state index contributed by atoms with van der Waals surface area (Å²) in [6.07, 6.45) is 33.3. The number of thiol groups is 1. The van der Waals surface area contributed by atoms with Gasteiger partial charge in [-0.3, -0.25) is 0 Å². The standard InChI is InChI=1S/C44H82NPS/c1-11-18-40-41-24-23-39(22-17-21-35(4)20-16-19-34(2)3)44(41,8)28-26-42(40)43(7)27-25-38(31-36(43)5)32-37(6)45-29-14-12-13-15-30-46(9,10)33-47/h34-35,38-42,45,47H,5-6,9,11-33H2,1-4,7-8,10H3. The molecule has 0 aromatic carbocycles. The van der Waals surface area contributed by atoms with Gasteiger partial charge in [0.15, 0.2) is 0 Å². The van der Waals surface area contributed by atoms with Crippen molar-refractivity contribution in [2.24, 2.45) is 52.3 Å². The first-order valence-corrected chi connectivity index (χ1v) is 24.1. The summed E-state index contributed by atoms with van der Waals surface area (Å²) in [6.45, 7) is 26.9. The van der Waals surface area contributed by atoms with E-state index in [9.17, 15) is 0 Å². The number of hydrogen-bond acceptors (Lipinski definition) is 2. The van der Waals surface area contributed by atoms with Crippen LogP contribution < -0.4 is 5.32 Å². The quantitative estimate of drug-likeness (QED) is 0.0500. The molecule has 0 spiro atoms. The van der Waals surface area contributed by atoms with Crippen molar-refractivity contribution in [3.05, 3.63) is 24.4 Å². The van der Waals surface area contributed by atoms with Gasteiger partial charge >= 0.3 is 0 Å². The first-order valence-electron chi connectivity index (χ1n) is 20.6. The van der Waals surface area contributed by atoms with Crippen molar-refractivity contribution < 1.29 is 0 Å². The molecule has 0 radical (unpaired) electrons. The molecule has 3 fully saturated rings. The largest absolute Gasteiger partial charge is 0.389 e. The van der Waals surface area contributed by atoms with Gasteiger partial charge in [-0.15, -0.1) is 13.2 Å². The van der Waals surface area contributed by atoms with E-state index >= 15 is 0 Å². The molecule has 274 valence electrons. The molecule has 0 aromatic rings. The minimum absolute atomic E-state index is 0.329. The number of fused-ring (bicyclic) bond motifs is 1. The van der Waals surface area contributed by atoms with Gasteiger partial charge in [-0.2, -0.15) is 12.6 Å². The average Bonchev–Trinajstić information content (AvgIpc) is 3.35. The first kappa shape index (κ1) is 41.4. The lowest BCUT2D eigenvalue weighted by atomic mass is 9.49. The summed E-state index contributed by atoms with van der Waals surface area (Å²) < 4.78 is 0. The second-order valence-electron chi connectivity index (χ2n) is 18.6. The van der Waals surface area contributed by atoms with E-state index < -0.39 is 6.89 Å². The maximum absolute atomic E-state index is 4.87. The van der Waals surface area contributed by atoms with E-state index in [1.54, 1.807) is 5.57 Å². The smallest absolute Gasteiger partial charge is 0.0143 e. The van der Waals surface area contributed by atoms with Crippen LogP contribution in [0.25, 0.3) is 0 Å². The van der Waals surface area contributed by atoms with Gasteiger partial charge in [-0.05, 0) is 136 Å². The molecule has 1 nitrogen and oxygen atoms in total. The number of rotatable bonds is 22. The monoisotopic (exact) mass is 688 g/mol. The van der Waals surface area contributed by atoms with E-state index in [-0.39, 0.29) is 0 Å². The van der Waals surface area contributed by atoms with E-state index in [4.69, 9.17) is 6.58 Å². The molecule has 3 rings (SSSR count). The van der Waals surface area contributed by atoms with E-state index in [1.165, 1.54) is 134 Å². The van der Waals surface area contributed by atoms with Crippen LogP contribution in [0.3, 0.4) is 0 Å². The van der Waals surface area contributed by atoms with E-state index in [2.05, 4.69) is 79.0 Å². The summed E-state index contributed by atoms with van der Waals surface area (Å²) in [5.74, 6) is 6.13. The fraction of sp³-hybridized carbons (Fsp3) is 0.886. The van der Waals surface area contributed by atoms with Crippen molar-refractivity contribution >= 4 is 25.8 Å². The molecule has 0 saturated heterocycles. The van der Waals surface area contributed by atoms with Crippen molar-refractivity contribution in [2.45, 2.75) is 170 Å². The second-order valence-corrected chi connectivity index (χ2v) is 23.4. The van der Waals surface area contributed by atoms with Crippen molar-refractivity contribution in [3.8, 4) is 0 Å². The number of allylic oxidation sites excluding steroid dienone is 2. The van der Waals surface area contributed by atoms with Gasteiger partial charge in [0.2, 0.25) is 0 Å². The molecule has 9 unspecified atom stereocenters. The molecule has 3 aliphatic carbocycles. The Balaban J connectivity index is 1.46. The minimum Gasteiger partial charge on any atom is -0.389 e. The number of hydrogen-bond donors (Lipinski definition) is 2. The Morgan fingerprint density at radius 3 is 2.32 bits per heavy atom. The van der Waals surface area contributed by atoms with Gasteiger partial charge in [0, 0.05) is 17.7 Å². The molecule has 0 amide bonds. The van der Waals surface area contributed by atoms with Gasteiger partial charge in [-0.1, -0.05) is 118 Å². The normalized spacial score (nSPS) is 33.0. The van der Waals surface area contributed by atoms with Crippen LogP contribution in [0.2, 0.25) is 0 Å². The molecule has 1 N–H and O–H groups in total. The highest BCUT2D eigenvalue weighted by atomic mass is 32.1. The fourth-order valence-electron chi connectivity index (χ4n) is 10.8. The maximum atomic E-state index is 4.87. The van der Waals surface area contributed by atoms with Crippen molar-refractivity contribution in [2.75, 3.05) is 24.9 Å². The first-order chi connectivity index (χ1) is 22.3. The third-order valence-corrected chi connectivity index (χ3v) is 18.2. The highest BCUT2D eigenvalue weighted by Gasteiger charge is 2.56. The van der Waals surface area contributed by atoms with E-state index in [0.717, 1.165) is 59.9 Å². The number of unbranched alkanes of at least 4 members (excludes halogenated alkanes) is 3. The molecule has 0 heterocycles. The molecule has 0 aliphatic heterocycles. The summed E-state index contributed by atoms with van der Waals surface area (Å²) >= 11 is 4.50.